The fraction of sp³-hybridized carbons (Fsp3) is 0.632. The summed E-state index contributed by atoms with van der Waals surface area (Å²) in [6.07, 6.45) is 2.79. The highest BCUT2D eigenvalue weighted by Gasteiger charge is 2.50. The van der Waals surface area contributed by atoms with Crippen molar-refractivity contribution in [3.05, 3.63) is 28.8 Å². The van der Waals surface area contributed by atoms with Crippen LogP contribution in [0.15, 0.2) is 18.2 Å². The van der Waals surface area contributed by atoms with E-state index in [4.69, 9.17) is 11.6 Å². The number of carbonyl (C=O) groups excluding carboxylic acids is 1. The van der Waals surface area contributed by atoms with E-state index in [0.717, 1.165) is 55.2 Å². The van der Waals surface area contributed by atoms with Crippen molar-refractivity contribution in [2.24, 2.45) is 17.8 Å². The molecule has 4 saturated carbocycles. The van der Waals surface area contributed by atoms with Gasteiger partial charge in [-0.25, -0.2) is 0 Å². The zero-order chi connectivity index (χ0) is 18.5. The molecule has 2 N–H and O–H groups in total. The molecule has 0 radical (unpaired) electrons. The second kappa shape index (κ2) is 6.41. The van der Waals surface area contributed by atoms with Gasteiger partial charge in [-0.05, 0) is 74.5 Å². The molecule has 0 aromatic heterocycles. The lowest BCUT2D eigenvalue weighted by Crippen LogP contribution is -2.59. The number of halogens is 4. The van der Waals surface area contributed by atoms with Crippen LogP contribution in [0.3, 0.4) is 0 Å². The van der Waals surface area contributed by atoms with Gasteiger partial charge in [0.25, 0.3) is 0 Å². The Labute approximate surface area is 155 Å². The lowest BCUT2D eigenvalue weighted by Gasteiger charge is -2.57. The molecule has 1 amide bonds. The minimum absolute atomic E-state index is 0.00111. The summed E-state index contributed by atoms with van der Waals surface area (Å²) in [4.78, 5) is 12.3. The second-order valence-corrected chi connectivity index (χ2v) is 8.70. The number of nitrogens with one attached hydrogen (secondary N) is 2. The first-order valence-corrected chi connectivity index (χ1v) is 9.52. The summed E-state index contributed by atoms with van der Waals surface area (Å²) in [7, 11) is 0. The van der Waals surface area contributed by atoms with Crippen LogP contribution >= 0.6 is 11.6 Å². The number of alkyl halides is 3. The molecular weight excluding hydrogens is 365 g/mol. The van der Waals surface area contributed by atoms with Gasteiger partial charge in [0.2, 0.25) is 5.91 Å². The summed E-state index contributed by atoms with van der Waals surface area (Å²) < 4.78 is 38.5. The van der Waals surface area contributed by atoms with Crippen LogP contribution in [-0.4, -0.2) is 18.0 Å². The van der Waals surface area contributed by atoms with Crippen molar-refractivity contribution in [2.45, 2.75) is 50.2 Å². The summed E-state index contributed by atoms with van der Waals surface area (Å²) in [5.41, 5.74) is -0.797. The number of hydrogen-bond acceptors (Lipinski definition) is 2. The first-order chi connectivity index (χ1) is 12.2. The topological polar surface area (TPSA) is 41.1 Å². The average molecular weight is 387 g/mol. The van der Waals surface area contributed by atoms with E-state index in [9.17, 15) is 18.0 Å². The van der Waals surface area contributed by atoms with Crippen LogP contribution in [0.2, 0.25) is 5.02 Å². The maximum Gasteiger partial charge on any atom is 0.416 e. The molecule has 0 spiro atoms. The van der Waals surface area contributed by atoms with E-state index >= 15 is 0 Å². The molecule has 4 aliphatic rings. The Balaban J connectivity index is 1.39. The molecule has 7 heteroatoms. The van der Waals surface area contributed by atoms with E-state index in [1.807, 2.05) is 0 Å². The molecule has 1 aromatic carbocycles. The van der Waals surface area contributed by atoms with E-state index < -0.39 is 11.7 Å². The highest BCUT2D eigenvalue weighted by atomic mass is 35.5. The van der Waals surface area contributed by atoms with Gasteiger partial charge in [-0.2, -0.15) is 13.2 Å². The Morgan fingerprint density at radius 1 is 1.12 bits per heavy atom. The summed E-state index contributed by atoms with van der Waals surface area (Å²) >= 11 is 5.94. The van der Waals surface area contributed by atoms with Crippen LogP contribution in [0.1, 0.15) is 44.1 Å². The van der Waals surface area contributed by atoms with E-state index in [0.29, 0.717) is 0 Å². The summed E-state index contributed by atoms with van der Waals surface area (Å²) in [5.74, 6) is 1.92. The smallest absolute Gasteiger partial charge is 0.324 e. The number of rotatable bonds is 4. The molecule has 0 heterocycles. The van der Waals surface area contributed by atoms with Gasteiger partial charge >= 0.3 is 6.18 Å². The van der Waals surface area contributed by atoms with Crippen LogP contribution < -0.4 is 10.6 Å². The van der Waals surface area contributed by atoms with Crippen LogP contribution in [0.4, 0.5) is 18.9 Å². The van der Waals surface area contributed by atoms with Crippen molar-refractivity contribution in [1.29, 1.82) is 0 Å². The van der Waals surface area contributed by atoms with E-state index in [1.54, 1.807) is 0 Å². The molecule has 142 valence electrons. The van der Waals surface area contributed by atoms with Crippen LogP contribution in [0.25, 0.3) is 0 Å². The van der Waals surface area contributed by atoms with Gasteiger partial charge in [0, 0.05) is 5.54 Å². The molecule has 1 aromatic rings. The van der Waals surface area contributed by atoms with Gasteiger partial charge in [-0.15, -0.1) is 0 Å². The SMILES string of the molecule is O=C(CNC12CC3CC(CC(C3)C1)C2)Nc1cc(C(F)(F)F)ccc1Cl. The lowest BCUT2D eigenvalue weighted by atomic mass is 9.53. The predicted molar refractivity (Wildman–Crippen MR) is 94.0 cm³/mol. The van der Waals surface area contributed by atoms with Crippen molar-refractivity contribution in [3.63, 3.8) is 0 Å². The average Bonchev–Trinajstić information content (AvgIpc) is 2.53. The monoisotopic (exact) mass is 386 g/mol. The summed E-state index contributed by atoms with van der Waals surface area (Å²) in [5, 5.41) is 6.05. The number of benzene rings is 1. The molecule has 0 saturated heterocycles. The van der Waals surface area contributed by atoms with Crippen molar-refractivity contribution < 1.29 is 18.0 Å². The Kier molecular flexibility index (Phi) is 4.47. The van der Waals surface area contributed by atoms with Gasteiger partial charge in [0.1, 0.15) is 0 Å². The van der Waals surface area contributed by atoms with E-state index in [1.165, 1.54) is 19.3 Å². The zero-order valence-corrected chi connectivity index (χ0v) is 15.1. The maximum absolute atomic E-state index is 12.8. The molecule has 4 bridgehead atoms. The molecule has 0 aliphatic heterocycles. The van der Waals surface area contributed by atoms with Gasteiger partial charge in [-0.1, -0.05) is 11.6 Å². The minimum atomic E-state index is -4.47. The third-order valence-corrected chi connectivity index (χ3v) is 6.56. The van der Waals surface area contributed by atoms with Gasteiger partial charge in [0.05, 0.1) is 22.8 Å². The molecule has 26 heavy (non-hydrogen) atoms. The quantitative estimate of drug-likeness (QED) is 0.776. The molecule has 0 unspecified atom stereocenters. The van der Waals surface area contributed by atoms with E-state index in [-0.39, 0.29) is 28.7 Å². The number of hydrogen-bond donors (Lipinski definition) is 2. The predicted octanol–water partition coefficient (Wildman–Crippen LogP) is 4.86. The summed E-state index contributed by atoms with van der Waals surface area (Å²) in [6, 6.07) is 2.95. The third-order valence-electron chi connectivity index (χ3n) is 6.23. The summed E-state index contributed by atoms with van der Waals surface area (Å²) in [6.45, 7) is 0.0960. The Morgan fingerprint density at radius 2 is 1.69 bits per heavy atom. The minimum Gasteiger partial charge on any atom is -0.324 e. The van der Waals surface area contributed by atoms with Crippen LogP contribution in [0, 0.1) is 17.8 Å². The lowest BCUT2D eigenvalue weighted by molar-refractivity contribution is -0.137. The van der Waals surface area contributed by atoms with Crippen molar-refractivity contribution >= 4 is 23.2 Å². The molecule has 4 fully saturated rings. The first-order valence-electron chi connectivity index (χ1n) is 9.14. The zero-order valence-electron chi connectivity index (χ0n) is 14.3. The number of carbonyl (C=O) groups is 1. The fourth-order valence-corrected chi connectivity index (χ4v) is 5.75. The standard InChI is InChI=1S/C19H22ClF3N2O/c20-15-2-1-14(19(21,22)23)6-16(15)25-17(26)10-24-18-7-11-3-12(8-18)5-13(4-11)9-18/h1-2,6,11-13,24H,3-5,7-10H2,(H,25,26). The number of amides is 1. The van der Waals surface area contributed by atoms with Crippen molar-refractivity contribution in [3.8, 4) is 0 Å². The largest absolute Gasteiger partial charge is 0.416 e. The first kappa shape index (κ1) is 18.1. The Morgan fingerprint density at radius 3 is 2.23 bits per heavy atom. The maximum atomic E-state index is 12.8. The van der Waals surface area contributed by atoms with Crippen molar-refractivity contribution in [2.75, 3.05) is 11.9 Å². The van der Waals surface area contributed by atoms with Crippen LogP contribution in [-0.2, 0) is 11.0 Å². The van der Waals surface area contributed by atoms with E-state index in [2.05, 4.69) is 10.6 Å². The molecular formula is C19H22ClF3N2O. The third kappa shape index (κ3) is 3.58. The molecule has 3 nitrogen and oxygen atoms in total. The molecule has 5 rings (SSSR count). The Bertz CT molecular complexity index is 684. The van der Waals surface area contributed by atoms with Gasteiger partial charge in [0.15, 0.2) is 0 Å². The van der Waals surface area contributed by atoms with Crippen molar-refractivity contribution in [1.82, 2.24) is 5.32 Å². The molecule has 0 atom stereocenters. The number of anilines is 1. The second-order valence-electron chi connectivity index (χ2n) is 8.29. The Hall–Kier alpha value is -1.27. The highest BCUT2D eigenvalue weighted by Crippen LogP contribution is 2.55. The van der Waals surface area contributed by atoms with Crippen LogP contribution in [0.5, 0.6) is 0 Å². The highest BCUT2D eigenvalue weighted by molar-refractivity contribution is 6.33. The fourth-order valence-electron chi connectivity index (χ4n) is 5.59. The normalized spacial score (nSPS) is 32.7. The molecule has 4 aliphatic carbocycles. The van der Waals surface area contributed by atoms with Gasteiger partial charge < -0.3 is 10.6 Å². The van der Waals surface area contributed by atoms with Gasteiger partial charge in [-0.3, -0.25) is 4.79 Å².